The van der Waals surface area contributed by atoms with Gasteiger partial charge in [0.05, 0.1) is 40.1 Å². The van der Waals surface area contributed by atoms with Crippen molar-refractivity contribution >= 4 is 29.0 Å². The number of pyridine rings is 1. The number of halogens is 3. The molecule has 1 atom stereocenters. The molecule has 1 N–H and O–H groups in total. The second kappa shape index (κ2) is 9.22. The Bertz CT molecular complexity index is 1170. The van der Waals surface area contributed by atoms with Crippen molar-refractivity contribution in [3.8, 4) is 22.4 Å². The normalized spacial score (nSPS) is 15.4. The van der Waals surface area contributed by atoms with E-state index < -0.39 is 17.3 Å². The topological polar surface area (TPSA) is 75.0 Å². The molecule has 1 aliphatic rings. The first-order valence-electron chi connectivity index (χ1n) is 9.57. The van der Waals surface area contributed by atoms with Gasteiger partial charge in [0.15, 0.2) is 0 Å². The maximum atomic E-state index is 13.6. The molecule has 1 aromatic carbocycles. The third-order valence-corrected chi connectivity index (χ3v) is 6.68. The standard InChI is InChI=1S/C22H16F3N3O2S2/c23-22(24,25)15-10-17(19-6-3-9-31-19)28-21(14(15)11-26)32-12-20(29)27-16-7-8-30-18-5-2-1-4-13(16)18/h1-6,9-10,16H,7-8,12H2,(H,27,29). The SMILES string of the molecule is N#Cc1c(C(F)(F)F)cc(-c2cccs2)nc1SCC(=O)NC1CCOc2ccccc21. The predicted octanol–water partition coefficient (Wildman–Crippen LogP) is 5.43. The van der Waals surface area contributed by atoms with Crippen LogP contribution in [0.5, 0.6) is 5.75 Å². The Hall–Kier alpha value is -3.03. The van der Waals surface area contributed by atoms with E-state index in [1.807, 2.05) is 24.3 Å². The van der Waals surface area contributed by atoms with E-state index in [0.717, 1.165) is 23.4 Å². The van der Waals surface area contributed by atoms with Gasteiger partial charge in [-0.1, -0.05) is 36.0 Å². The number of rotatable bonds is 5. The first-order valence-corrected chi connectivity index (χ1v) is 11.4. The number of thiophene rings is 1. The number of ether oxygens (including phenoxy) is 1. The van der Waals surface area contributed by atoms with Crippen LogP contribution in [0.2, 0.25) is 0 Å². The summed E-state index contributed by atoms with van der Waals surface area (Å²) in [5.74, 6) is 0.160. The van der Waals surface area contributed by atoms with Gasteiger partial charge in [0.2, 0.25) is 5.91 Å². The molecule has 1 aliphatic heterocycles. The molecule has 5 nitrogen and oxygen atoms in total. The molecule has 0 saturated carbocycles. The number of benzene rings is 1. The van der Waals surface area contributed by atoms with E-state index in [4.69, 9.17) is 4.74 Å². The monoisotopic (exact) mass is 475 g/mol. The van der Waals surface area contributed by atoms with Crippen LogP contribution >= 0.6 is 23.1 Å². The third kappa shape index (κ3) is 4.74. The van der Waals surface area contributed by atoms with Crippen LogP contribution < -0.4 is 10.1 Å². The summed E-state index contributed by atoms with van der Waals surface area (Å²) in [6, 6.07) is 13.0. The van der Waals surface area contributed by atoms with Crippen molar-refractivity contribution < 1.29 is 22.7 Å². The first-order chi connectivity index (χ1) is 15.4. The third-order valence-electron chi connectivity index (χ3n) is 4.81. The van der Waals surface area contributed by atoms with Crippen LogP contribution in [-0.4, -0.2) is 23.3 Å². The molecule has 0 radical (unpaired) electrons. The fraction of sp³-hybridized carbons (Fsp3) is 0.227. The van der Waals surface area contributed by atoms with Gasteiger partial charge < -0.3 is 10.1 Å². The fourth-order valence-electron chi connectivity index (χ4n) is 3.37. The summed E-state index contributed by atoms with van der Waals surface area (Å²) in [6.07, 6.45) is -4.13. The highest BCUT2D eigenvalue weighted by molar-refractivity contribution is 8.00. The summed E-state index contributed by atoms with van der Waals surface area (Å²) in [7, 11) is 0. The maximum absolute atomic E-state index is 13.6. The van der Waals surface area contributed by atoms with Crippen LogP contribution in [-0.2, 0) is 11.0 Å². The maximum Gasteiger partial charge on any atom is 0.417 e. The average molecular weight is 476 g/mol. The Kier molecular flexibility index (Phi) is 6.39. The zero-order valence-corrected chi connectivity index (χ0v) is 18.1. The van der Waals surface area contributed by atoms with Gasteiger partial charge in [-0.15, -0.1) is 11.3 Å². The molecule has 0 bridgehead atoms. The molecule has 0 aliphatic carbocycles. The summed E-state index contributed by atoms with van der Waals surface area (Å²) in [5, 5.41) is 13.9. The number of fused-ring (bicyclic) bond motifs is 1. The summed E-state index contributed by atoms with van der Waals surface area (Å²) in [6.45, 7) is 0.451. The molecule has 3 aromatic rings. The number of carbonyl (C=O) groups is 1. The van der Waals surface area contributed by atoms with E-state index in [1.165, 1.54) is 11.3 Å². The minimum atomic E-state index is -4.72. The zero-order valence-electron chi connectivity index (χ0n) is 16.5. The van der Waals surface area contributed by atoms with Crippen molar-refractivity contribution in [1.29, 1.82) is 5.26 Å². The number of para-hydroxylation sites is 1. The van der Waals surface area contributed by atoms with Gasteiger partial charge >= 0.3 is 6.18 Å². The number of carbonyl (C=O) groups excluding carboxylic acids is 1. The number of nitriles is 1. The second-order valence-electron chi connectivity index (χ2n) is 6.91. The molecular weight excluding hydrogens is 459 g/mol. The second-order valence-corrected chi connectivity index (χ2v) is 8.82. The van der Waals surface area contributed by atoms with Crippen molar-refractivity contribution in [3.63, 3.8) is 0 Å². The number of alkyl halides is 3. The highest BCUT2D eigenvalue weighted by Crippen LogP contribution is 2.39. The lowest BCUT2D eigenvalue weighted by Crippen LogP contribution is -2.33. The van der Waals surface area contributed by atoms with Crippen molar-refractivity contribution in [3.05, 3.63) is 64.5 Å². The highest BCUT2D eigenvalue weighted by atomic mass is 32.2. The van der Waals surface area contributed by atoms with Crippen LogP contribution in [0.1, 0.15) is 29.2 Å². The Balaban J connectivity index is 1.56. The number of nitrogens with zero attached hydrogens (tertiary/aromatic N) is 2. The quantitative estimate of drug-likeness (QED) is 0.498. The van der Waals surface area contributed by atoms with Gasteiger partial charge in [0, 0.05) is 12.0 Å². The summed E-state index contributed by atoms with van der Waals surface area (Å²) in [5.41, 5.74) is -0.661. The zero-order chi connectivity index (χ0) is 22.7. The smallest absolute Gasteiger partial charge is 0.417 e. The van der Waals surface area contributed by atoms with Gasteiger partial charge in [-0.05, 0) is 23.6 Å². The predicted molar refractivity (Wildman–Crippen MR) is 115 cm³/mol. The molecule has 0 spiro atoms. The highest BCUT2D eigenvalue weighted by Gasteiger charge is 2.36. The minimum absolute atomic E-state index is 0.117. The van der Waals surface area contributed by atoms with E-state index in [9.17, 15) is 23.2 Å². The molecule has 0 fully saturated rings. The van der Waals surface area contributed by atoms with Crippen LogP contribution in [0.15, 0.2) is 52.9 Å². The Morgan fingerprint density at radius 1 is 1.31 bits per heavy atom. The molecule has 1 unspecified atom stereocenters. The number of thioether (sulfide) groups is 1. The molecule has 3 heterocycles. The molecule has 32 heavy (non-hydrogen) atoms. The van der Waals surface area contributed by atoms with E-state index >= 15 is 0 Å². The van der Waals surface area contributed by atoms with Gasteiger partial charge in [-0.25, -0.2) is 4.98 Å². The van der Waals surface area contributed by atoms with Crippen LogP contribution in [0, 0.1) is 11.3 Å². The number of nitrogens with one attached hydrogen (secondary N) is 1. The van der Waals surface area contributed by atoms with Crippen LogP contribution in [0.4, 0.5) is 13.2 Å². The number of hydrogen-bond acceptors (Lipinski definition) is 6. The Morgan fingerprint density at radius 3 is 2.84 bits per heavy atom. The Morgan fingerprint density at radius 2 is 2.12 bits per heavy atom. The summed E-state index contributed by atoms with van der Waals surface area (Å²) >= 11 is 2.06. The fourth-order valence-corrected chi connectivity index (χ4v) is 4.87. The minimum Gasteiger partial charge on any atom is -0.493 e. The van der Waals surface area contributed by atoms with Gasteiger partial charge in [0.1, 0.15) is 16.8 Å². The molecule has 2 aromatic heterocycles. The molecule has 4 rings (SSSR count). The number of hydrogen-bond donors (Lipinski definition) is 1. The van der Waals surface area contributed by atoms with Crippen molar-refractivity contribution in [1.82, 2.24) is 10.3 Å². The van der Waals surface area contributed by atoms with Gasteiger partial charge in [-0.3, -0.25) is 4.79 Å². The largest absolute Gasteiger partial charge is 0.493 e. The number of aromatic nitrogens is 1. The molecular formula is C22H16F3N3O2S2. The molecule has 0 saturated heterocycles. The van der Waals surface area contributed by atoms with E-state index in [1.54, 1.807) is 23.6 Å². The molecule has 1 amide bonds. The van der Waals surface area contributed by atoms with Gasteiger partial charge in [-0.2, -0.15) is 18.4 Å². The summed E-state index contributed by atoms with van der Waals surface area (Å²) < 4.78 is 46.4. The lowest BCUT2D eigenvalue weighted by atomic mass is 10.0. The lowest BCUT2D eigenvalue weighted by molar-refractivity contribution is -0.138. The van der Waals surface area contributed by atoms with Gasteiger partial charge in [0.25, 0.3) is 0 Å². The Labute approximate surface area is 190 Å². The van der Waals surface area contributed by atoms with E-state index in [0.29, 0.717) is 23.7 Å². The molecule has 10 heteroatoms. The lowest BCUT2D eigenvalue weighted by Gasteiger charge is -2.26. The summed E-state index contributed by atoms with van der Waals surface area (Å²) in [4.78, 5) is 17.4. The molecule has 164 valence electrons. The van der Waals surface area contributed by atoms with E-state index in [2.05, 4.69) is 10.3 Å². The van der Waals surface area contributed by atoms with Crippen molar-refractivity contribution in [2.24, 2.45) is 0 Å². The van der Waals surface area contributed by atoms with E-state index in [-0.39, 0.29) is 28.4 Å². The first kappa shape index (κ1) is 22.2. The van der Waals surface area contributed by atoms with Crippen molar-refractivity contribution in [2.45, 2.75) is 23.7 Å². The van der Waals surface area contributed by atoms with Crippen LogP contribution in [0.3, 0.4) is 0 Å². The van der Waals surface area contributed by atoms with Crippen LogP contribution in [0.25, 0.3) is 10.6 Å². The van der Waals surface area contributed by atoms with Crippen molar-refractivity contribution in [2.75, 3.05) is 12.4 Å². The number of amides is 1. The average Bonchev–Trinajstić information content (AvgIpc) is 3.32.